The molecule has 3 aliphatic carbocycles. The molecular weight excluding hydrogens is 416 g/mol. The third-order valence-corrected chi connectivity index (χ3v) is 10.4. The van der Waals surface area contributed by atoms with Crippen molar-refractivity contribution < 1.29 is 24.1 Å². The van der Waals surface area contributed by atoms with Gasteiger partial charge in [-0.15, -0.1) is 0 Å². The van der Waals surface area contributed by atoms with E-state index in [0.717, 1.165) is 18.8 Å². The minimum Gasteiger partial charge on any atom is -0.428 e. The molecule has 3 saturated carbocycles. The summed E-state index contributed by atoms with van der Waals surface area (Å²) < 4.78 is 17.8. The van der Waals surface area contributed by atoms with Crippen LogP contribution in [-0.2, 0) is 19.0 Å². The molecule has 0 aromatic rings. The van der Waals surface area contributed by atoms with Crippen molar-refractivity contribution in [2.45, 2.75) is 104 Å². The maximum Gasteiger partial charge on any atom is 0.333 e. The number of aliphatic hydroxyl groups is 1. The first-order valence-electron chi connectivity index (χ1n) is 12.9. The average molecular weight is 459 g/mol. The molecule has 33 heavy (non-hydrogen) atoms. The number of cyclic esters (lactones) is 1. The first kappa shape index (κ1) is 23.6. The van der Waals surface area contributed by atoms with Crippen molar-refractivity contribution in [3.8, 4) is 0 Å². The standard InChI is InChI=1S/C28H42O5/c1-24(2)12-7-13-26(5)19(24)10-14-27(6)20(26)11-15-28(17-31-25(3,4)33-28)21(27)9-8-18-16-22(29)32-23(18)30/h8-9,16,19-21,23,30H,7,10-15,17H2,1-6H3/b9-8+/t19-,20+,21-,23?,26-,27+,28+/m1/s1. The molecule has 1 N–H and O–H groups in total. The molecule has 1 spiro atoms. The predicted molar refractivity (Wildman–Crippen MR) is 126 cm³/mol. The Kier molecular flexibility index (Phi) is 5.29. The van der Waals surface area contributed by atoms with Crippen LogP contribution in [0.3, 0.4) is 0 Å². The van der Waals surface area contributed by atoms with E-state index in [1.807, 2.05) is 19.9 Å². The van der Waals surface area contributed by atoms with Crippen LogP contribution < -0.4 is 0 Å². The van der Waals surface area contributed by atoms with Crippen LogP contribution in [0.25, 0.3) is 0 Å². The summed E-state index contributed by atoms with van der Waals surface area (Å²) in [6.45, 7) is 14.6. The Balaban J connectivity index is 1.55. The van der Waals surface area contributed by atoms with Crippen LogP contribution in [0.2, 0.25) is 0 Å². The zero-order valence-corrected chi connectivity index (χ0v) is 21.3. The lowest BCUT2D eigenvalue weighted by atomic mass is 9.38. The lowest BCUT2D eigenvalue weighted by Gasteiger charge is -2.67. The Hall–Kier alpha value is -1.17. The Labute approximate surface area is 198 Å². The van der Waals surface area contributed by atoms with E-state index in [9.17, 15) is 9.90 Å². The molecule has 0 aromatic heterocycles. The number of carbonyl (C=O) groups excluding carboxylic acids is 1. The van der Waals surface area contributed by atoms with Gasteiger partial charge in [0, 0.05) is 17.6 Å². The van der Waals surface area contributed by atoms with Crippen LogP contribution in [0.1, 0.15) is 86.5 Å². The van der Waals surface area contributed by atoms with Gasteiger partial charge in [0.15, 0.2) is 5.79 Å². The SMILES string of the molecule is CC1(C)OC[C@]2(CC[C@H]3[C@]4(C)CCCC(C)(C)[C@H]4CC[C@]3(C)[C@H]2/C=C/C2=CC(=O)OC2O)O1. The average Bonchev–Trinajstić information content (AvgIpc) is 3.17. The molecule has 7 atom stereocenters. The smallest absolute Gasteiger partial charge is 0.333 e. The van der Waals surface area contributed by atoms with Crippen molar-refractivity contribution in [1.29, 1.82) is 0 Å². The quantitative estimate of drug-likeness (QED) is 0.552. The summed E-state index contributed by atoms with van der Waals surface area (Å²) in [5, 5.41) is 10.2. The maximum absolute atomic E-state index is 11.7. The minimum atomic E-state index is -1.18. The highest BCUT2D eigenvalue weighted by Crippen LogP contribution is 2.70. The van der Waals surface area contributed by atoms with Gasteiger partial charge in [-0.3, -0.25) is 0 Å². The van der Waals surface area contributed by atoms with Gasteiger partial charge in [-0.25, -0.2) is 4.79 Å². The molecule has 2 aliphatic heterocycles. The molecule has 0 amide bonds. The number of ether oxygens (including phenoxy) is 3. The molecule has 5 nitrogen and oxygen atoms in total. The largest absolute Gasteiger partial charge is 0.428 e. The van der Waals surface area contributed by atoms with Gasteiger partial charge < -0.3 is 19.3 Å². The van der Waals surface area contributed by atoms with Gasteiger partial charge in [-0.2, -0.15) is 0 Å². The molecule has 4 fully saturated rings. The van der Waals surface area contributed by atoms with Gasteiger partial charge in [0.05, 0.1) is 6.61 Å². The molecule has 5 rings (SSSR count). The first-order valence-corrected chi connectivity index (χ1v) is 12.9. The van der Waals surface area contributed by atoms with E-state index in [1.54, 1.807) is 0 Å². The second-order valence-electron chi connectivity index (χ2n) is 13.2. The fraction of sp³-hybridized carbons (Fsp3) is 0.821. The second-order valence-corrected chi connectivity index (χ2v) is 13.2. The van der Waals surface area contributed by atoms with Crippen molar-refractivity contribution in [2.24, 2.45) is 34.0 Å². The molecule has 5 aliphatic rings. The number of aliphatic hydroxyl groups excluding tert-OH is 1. The zero-order valence-electron chi connectivity index (χ0n) is 21.3. The number of esters is 1. The number of carbonyl (C=O) groups is 1. The van der Waals surface area contributed by atoms with E-state index >= 15 is 0 Å². The second kappa shape index (κ2) is 7.41. The van der Waals surface area contributed by atoms with Crippen LogP contribution in [0, 0.1) is 34.0 Å². The molecule has 184 valence electrons. The Bertz CT molecular complexity index is 887. The predicted octanol–water partition coefficient (Wildman–Crippen LogP) is 5.52. The Morgan fingerprint density at radius 3 is 2.33 bits per heavy atom. The normalized spacial score (nSPS) is 48.5. The van der Waals surface area contributed by atoms with Crippen molar-refractivity contribution in [2.75, 3.05) is 6.61 Å². The molecule has 1 saturated heterocycles. The highest BCUT2D eigenvalue weighted by atomic mass is 16.8. The highest BCUT2D eigenvalue weighted by molar-refractivity contribution is 5.86. The molecule has 1 unspecified atom stereocenters. The number of hydrogen-bond acceptors (Lipinski definition) is 5. The summed E-state index contributed by atoms with van der Waals surface area (Å²) in [6, 6.07) is 0. The molecular formula is C28H42O5. The minimum absolute atomic E-state index is 0.0617. The van der Waals surface area contributed by atoms with E-state index < -0.39 is 18.0 Å². The van der Waals surface area contributed by atoms with Gasteiger partial charge in [0.25, 0.3) is 0 Å². The van der Waals surface area contributed by atoms with Gasteiger partial charge in [0.2, 0.25) is 6.29 Å². The summed E-state index contributed by atoms with van der Waals surface area (Å²) >= 11 is 0. The Morgan fingerprint density at radius 2 is 1.70 bits per heavy atom. The zero-order chi connectivity index (χ0) is 23.9. The van der Waals surface area contributed by atoms with Gasteiger partial charge in [0.1, 0.15) is 5.60 Å². The van der Waals surface area contributed by atoms with Crippen LogP contribution in [0.4, 0.5) is 0 Å². The van der Waals surface area contributed by atoms with Crippen LogP contribution in [-0.4, -0.2) is 35.4 Å². The van der Waals surface area contributed by atoms with Crippen molar-refractivity contribution >= 4 is 5.97 Å². The Morgan fingerprint density at radius 1 is 0.970 bits per heavy atom. The van der Waals surface area contributed by atoms with Crippen LogP contribution in [0.15, 0.2) is 23.8 Å². The van der Waals surface area contributed by atoms with Crippen molar-refractivity contribution in [1.82, 2.24) is 0 Å². The molecule has 5 heteroatoms. The van der Waals surface area contributed by atoms with Gasteiger partial charge >= 0.3 is 5.97 Å². The summed E-state index contributed by atoms with van der Waals surface area (Å²) in [7, 11) is 0. The van der Waals surface area contributed by atoms with Crippen LogP contribution in [0.5, 0.6) is 0 Å². The van der Waals surface area contributed by atoms with E-state index in [2.05, 4.69) is 33.8 Å². The lowest BCUT2D eigenvalue weighted by Crippen LogP contribution is -2.63. The summed E-state index contributed by atoms with van der Waals surface area (Å²) in [6.07, 6.45) is 12.8. The summed E-state index contributed by atoms with van der Waals surface area (Å²) in [5.74, 6) is 0.407. The molecule has 0 bridgehead atoms. The summed E-state index contributed by atoms with van der Waals surface area (Å²) in [5.41, 5.74) is 0.917. The highest BCUT2D eigenvalue weighted by Gasteiger charge is 2.66. The maximum atomic E-state index is 11.7. The fourth-order valence-electron chi connectivity index (χ4n) is 9.14. The molecule has 0 radical (unpaired) electrons. The fourth-order valence-corrected chi connectivity index (χ4v) is 9.14. The lowest BCUT2D eigenvalue weighted by molar-refractivity contribution is -0.229. The third-order valence-electron chi connectivity index (χ3n) is 10.4. The van der Waals surface area contributed by atoms with E-state index in [-0.39, 0.29) is 16.9 Å². The van der Waals surface area contributed by atoms with Gasteiger partial charge in [-0.1, -0.05) is 46.3 Å². The summed E-state index contributed by atoms with van der Waals surface area (Å²) in [4.78, 5) is 11.7. The monoisotopic (exact) mass is 458 g/mol. The third kappa shape index (κ3) is 3.56. The van der Waals surface area contributed by atoms with Crippen LogP contribution >= 0.6 is 0 Å². The number of fused-ring (bicyclic) bond motifs is 3. The topological polar surface area (TPSA) is 65.0 Å². The number of rotatable bonds is 2. The first-order chi connectivity index (χ1) is 15.3. The van der Waals surface area contributed by atoms with Gasteiger partial charge in [-0.05, 0) is 80.5 Å². The molecule has 2 heterocycles. The van der Waals surface area contributed by atoms with Crippen molar-refractivity contribution in [3.63, 3.8) is 0 Å². The van der Waals surface area contributed by atoms with E-state index in [0.29, 0.717) is 28.9 Å². The van der Waals surface area contributed by atoms with E-state index in [4.69, 9.17) is 14.2 Å². The number of hydrogen-bond donors (Lipinski definition) is 1. The molecule has 0 aromatic carbocycles. The van der Waals surface area contributed by atoms with Crippen molar-refractivity contribution in [3.05, 3.63) is 23.8 Å². The van der Waals surface area contributed by atoms with E-state index in [1.165, 1.54) is 38.2 Å².